The van der Waals surface area contributed by atoms with E-state index in [1.54, 1.807) is 14.1 Å². The largest absolute Gasteiger partial charge is 0.368 e. The molecule has 8 nitrogen and oxygen atoms in total. The Morgan fingerprint density at radius 3 is 2.70 bits per heavy atom. The number of nitrogens with zero attached hydrogens (tertiary/aromatic N) is 4. The van der Waals surface area contributed by atoms with Crippen LogP contribution in [0.1, 0.15) is 10.4 Å². The number of rotatable bonds is 5. The van der Waals surface area contributed by atoms with Crippen LogP contribution in [0.5, 0.6) is 0 Å². The number of imidazole rings is 1. The first kappa shape index (κ1) is 18.9. The summed E-state index contributed by atoms with van der Waals surface area (Å²) in [6.07, 6.45) is 2.65. The highest BCUT2D eigenvalue weighted by Gasteiger charge is 2.18. The minimum atomic E-state index is -3.90. The third kappa shape index (κ3) is 4.09. The number of amides is 1. The smallest absolute Gasteiger partial charge is 0.283 e. The van der Waals surface area contributed by atoms with Crippen LogP contribution in [-0.2, 0) is 10.0 Å². The highest BCUT2D eigenvalue weighted by Crippen LogP contribution is 2.22. The van der Waals surface area contributed by atoms with Gasteiger partial charge in [0.2, 0.25) is 0 Å². The number of halogens is 1. The Hall–Kier alpha value is -2.91. The van der Waals surface area contributed by atoms with Gasteiger partial charge in [0.1, 0.15) is 12.7 Å². The van der Waals surface area contributed by atoms with Crippen molar-refractivity contribution < 1.29 is 13.2 Å². The maximum absolute atomic E-state index is 12.5. The van der Waals surface area contributed by atoms with Crippen LogP contribution in [0.4, 0.5) is 0 Å². The lowest BCUT2D eigenvalue weighted by Gasteiger charge is -2.09. The van der Waals surface area contributed by atoms with Gasteiger partial charge in [-0.25, -0.2) is 9.66 Å². The van der Waals surface area contributed by atoms with Crippen molar-refractivity contribution in [3.8, 4) is 0 Å². The molecule has 0 spiro atoms. The maximum atomic E-state index is 12.5. The molecule has 0 unspecified atom stereocenters. The number of nitrogens with one attached hydrogen (secondary N) is 1. The van der Waals surface area contributed by atoms with Crippen molar-refractivity contribution in [2.45, 2.75) is 4.90 Å². The first-order valence-electron chi connectivity index (χ1n) is 7.78. The van der Waals surface area contributed by atoms with Crippen molar-refractivity contribution in [1.82, 2.24) is 14.6 Å². The van der Waals surface area contributed by atoms with E-state index >= 15 is 0 Å². The molecule has 0 saturated heterocycles. The summed E-state index contributed by atoms with van der Waals surface area (Å²) in [5, 5.41) is -0.00181. The number of carbonyl (C=O) groups excluding carboxylic acids is 1. The summed E-state index contributed by atoms with van der Waals surface area (Å²) in [4.78, 5) is 18.1. The van der Waals surface area contributed by atoms with Crippen LogP contribution in [0.15, 0.2) is 58.1 Å². The van der Waals surface area contributed by atoms with Crippen LogP contribution in [0.25, 0.3) is 11.0 Å². The normalized spacial score (nSPS) is 11.8. The van der Waals surface area contributed by atoms with Crippen LogP contribution in [0.3, 0.4) is 0 Å². The first-order valence-corrected chi connectivity index (χ1v) is 9.59. The monoisotopic (exact) mass is 405 g/mol. The third-order valence-electron chi connectivity index (χ3n) is 3.58. The van der Waals surface area contributed by atoms with Crippen LogP contribution < -0.4 is 5.43 Å². The predicted molar refractivity (Wildman–Crippen MR) is 104 cm³/mol. The number of hydrogen-bond donors (Lipinski definition) is 1. The molecular formula is C17H16ClN5O3S. The summed E-state index contributed by atoms with van der Waals surface area (Å²) < 4.78 is 29.4. The van der Waals surface area contributed by atoms with Crippen molar-refractivity contribution in [2.24, 2.45) is 4.40 Å². The highest BCUT2D eigenvalue weighted by atomic mass is 35.5. The van der Waals surface area contributed by atoms with Gasteiger partial charge in [0.05, 0.1) is 26.5 Å². The molecule has 2 aromatic carbocycles. The Morgan fingerprint density at radius 2 is 2.00 bits per heavy atom. The standard InChI is InChI=1S/C17H16ClN5O3S/c1-22(2)11-20-27(25,26)12-7-8-13(14(18)9-12)17(24)21-23-10-19-15-5-3-4-6-16(15)23/h3-11H,1-2H3,(H,21,24)/b20-11+. The van der Waals surface area contributed by atoms with E-state index in [9.17, 15) is 13.2 Å². The van der Waals surface area contributed by atoms with Crippen LogP contribution >= 0.6 is 11.6 Å². The van der Waals surface area contributed by atoms with E-state index in [0.717, 1.165) is 11.0 Å². The SMILES string of the molecule is CN(C)/C=N/S(=O)(=O)c1ccc(C(=O)Nn2cnc3ccccc32)c(Cl)c1. The average molecular weight is 406 g/mol. The zero-order chi connectivity index (χ0) is 19.6. The van der Waals surface area contributed by atoms with Crippen molar-refractivity contribution in [1.29, 1.82) is 0 Å². The van der Waals surface area contributed by atoms with Gasteiger partial charge in [-0.1, -0.05) is 23.7 Å². The maximum Gasteiger partial charge on any atom is 0.283 e. The van der Waals surface area contributed by atoms with Gasteiger partial charge in [-0.3, -0.25) is 10.2 Å². The second kappa shape index (κ2) is 7.37. The zero-order valence-corrected chi connectivity index (χ0v) is 16.1. The van der Waals surface area contributed by atoms with Crippen LogP contribution in [0.2, 0.25) is 5.02 Å². The molecule has 1 heterocycles. The van der Waals surface area contributed by atoms with Gasteiger partial charge in [-0.05, 0) is 30.3 Å². The summed E-state index contributed by atoms with van der Waals surface area (Å²) in [5.41, 5.74) is 4.24. The van der Waals surface area contributed by atoms with E-state index in [0.29, 0.717) is 0 Å². The van der Waals surface area contributed by atoms with E-state index in [2.05, 4.69) is 14.8 Å². The van der Waals surface area contributed by atoms with E-state index < -0.39 is 15.9 Å². The van der Waals surface area contributed by atoms with Gasteiger partial charge in [-0.15, -0.1) is 4.40 Å². The van der Waals surface area contributed by atoms with Gasteiger partial charge >= 0.3 is 0 Å². The molecule has 3 rings (SSSR count). The lowest BCUT2D eigenvalue weighted by Crippen LogP contribution is -2.22. The number of fused-ring (bicyclic) bond motifs is 1. The average Bonchev–Trinajstić information content (AvgIpc) is 3.03. The van der Waals surface area contributed by atoms with Crippen molar-refractivity contribution in [3.05, 3.63) is 59.4 Å². The molecule has 3 aromatic rings. The van der Waals surface area contributed by atoms with Gasteiger partial charge in [0, 0.05) is 14.1 Å². The summed E-state index contributed by atoms with van der Waals surface area (Å²) >= 11 is 6.14. The van der Waals surface area contributed by atoms with E-state index in [1.807, 2.05) is 24.3 Å². The second-order valence-electron chi connectivity index (χ2n) is 5.85. The molecule has 0 fully saturated rings. The Kier molecular flexibility index (Phi) is 5.15. The predicted octanol–water partition coefficient (Wildman–Crippen LogP) is 2.35. The van der Waals surface area contributed by atoms with Crippen molar-refractivity contribution in [2.75, 3.05) is 19.5 Å². The van der Waals surface area contributed by atoms with Crippen molar-refractivity contribution >= 4 is 44.9 Å². The molecule has 0 aliphatic carbocycles. The lowest BCUT2D eigenvalue weighted by molar-refractivity contribution is 0.101. The van der Waals surface area contributed by atoms with Gasteiger partial charge in [-0.2, -0.15) is 8.42 Å². The van der Waals surface area contributed by atoms with Crippen LogP contribution in [0, 0.1) is 0 Å². The zero-order valence-electron chi connectivity index (χ0n) is 14.5. The fourth-order valence-corrected chi connectivity index (χ4v) is 3.55. The molecule has 10 heteroatoms. The minimum absolute atomic E-state index is 0.00181. The molecule has 1 amide bonds. The Labute approximate surface area is 161 Å². The summed E-state index contributed by atoms with van der Waals surface area (Å²) in [7, 11) is -0.599. The van der Waals surface area contributed by atoms with E-state index in [-0.39, 0.29) is 15.5 Å². The number of benzene rings is 2. The number of carbonyl (C=O) groups is 1. The number of hydrogen-bond acceptors (Lipinski definition) is 4. The molecule has 0 bridgehead atoms. The topological polar surface area (TPSA) is 96.7 Å². The summed E-state index contributed by atoms with van der Waals surface area (Å²) in [5.74, 6) is -0.496. The first-order chi connectivity index (χ1) is 12.8. The Balaban J connectivity index is 1.86. The molecule has 0 saturated carbocycles. The molecule has 0 radical (unpaired) electrons. The molecule has 140 valence electrons. The Bertz CT molecular complexity index is 1140. The highest BCUT2D eigenvalue weighted by molar-refractivity contribution is 7.90. The molecule has 0 aliphatic rings. The fraction of sp³-hybridized carbons (Fsp3) is 0.118. The summed E-state index contributed by atoms with van der Waals surface area (Å²) in [6, 6.07) is 11.1. The molecule has 1 N–H and O–H groups in total. The van der Waals surface area contributed by atoms with Crippen LogP contribution in [-0.4, -0.2) is 49.3 Å². The fourth-order valence-electron chi connectivity index (χ4n) is 2.28. The number of sulfonamides is 1. The molecule has 27 heavy (non-hydrogen) atoms. The van der Waals surface area contributed by atoms with E-state index in [1.165, 1.54) is 40.4 Å². The van der Waals surface area contributed by atoms with Gasteiger partial charge in [0.15, 0.2) is 0 Å². The molecule has 0 aliphatic heterocycles. The summed E-state index contributed by atoms with van der Waals surface area (Å²) in [6.45, 7) is 0. The van der Waals surface area contributed by atoms with Gasteiger partial charge in [0.25, 0.3) is 15.9 Å². The molecular weight excluding hydrogens is 390 g/mol. The quantitative estimate of drug-likeness (QED) is 0.519. The lowest BCUT2D eigenvalue weighted by atomic mass is 10.2. The third-order valence-corrected chi connectivity index (χ3v) is 5.11. The molecule has 0 atom stereocenters. The number of para-hydroxylation sites is 2. The van der Waals surface area contributed by atoms with Crippen molar-refractivity contribution in [3.63, 3.8) is 0 Å². The minimum Gasteiger partial charge on any atom is -0.368 e. The van der Waals surface area contributed by atoms with E-state index in [4.69, 9.17) is 11.6 Å². The van der Waals surface area contributed by atoms with Gasteiger partial charge < -0.3 is 4.90 Å². The Morgan fingerprint density at radius 1 is 1.26 bits per heavy atom. The molecule has 1 aromatic heterocycles. The number of aromatic nitrogens is 2. The second-order valence-corrected chi connectivity index (χ2v) is 7.88.